The highest BCUT2D eigenvalue weighted by Crippen LogP contribution is 2.16. The van der Waals surface area contributed by atoms with Gasteiger partial charge in [0.25, 0.3) is 0 Å². The summed E-state index contributed by atoms with van der Waals surface area (Å²) >= 11 is 0. The average Bonchev–Trinajstić information content (AvgIpc) is 2.46. The fraction of sp³-hybridized carbons (Fsp3) is 0.467. The lowest BCUT2D eigenvalue weighted by Gasteiger charge is -2.20. The van der Waals surface area contributed by atoms with Crippen LogP contribution < -0.4 is 10.1 Å². The number of amides is 2. The number of ether oxygens (including phenoxy) is 1. The SMILES string of the molecule is CCCOc1ccc(NC(=O)N(C)CC(C)C(=O)O)cc1. The Labute approximate surface area is 124 Å². The quantitative estimate of drug-likeness (QED) is 0.810. The van der Waals surface area contributed by atoms with E-state index in [0.29, 0.717) is 12.3 Å². The van der Waals surface area contributed by atoms with Gasteiger partial charge in [-0.25, -0.2) is 4.79 Å². The predicted molar refractivity (Wildman–Crippen MR) is 80.7 cm³/mol. The summed E-state index contributed by atoms with van der Waals surface area (Å²) in [7, 11) is 1.56. The highest BCUT2D eigenvalue weighted by Gasteiger charge is 2.17. The second-order valence-electron chi connectivity index (χ2n) is 4.92. The van der Waals surface area contributed by atoms with Gasteiger partial charge in [0, 0.05) is 19.3 Å². The van der Waals surface area contributed by atoms with Gasteiger partial charge in [-0.2, -0.15) is 0 Å². The number of nitrogens with zero attached hydrogens (tertiary/aromatic N) is 1. The van der Waals surface area contributed by atoms with Gasteiger partial charge in [-0.15, -0.1) is 0 Å². The van der Waals surface area contributed by atoms with Crippen LogP contribution >= 0.6 is 0 Å². The first-order chi connectivity index (χ1) is 9.93. The van der Waals surface area contributed by atoms with Crippen molar-refractivity contribution in [2.24, 2.45) is 5.92 Å². The van der Waals surface area contributed by atoms with Gasteiger partial charge in [0.05, 0.1) is 12.5 Å². The molecular formula is C15H22N2O4. The van der Waals surface area contributed by atoms with E-state index in [2.05, 4.69) is 5.32 Å². The molecule has 0 aliphatic rings. The van der Waals surface area contributed by atoms with Crippen LogP contribution in [0.3, 0.4) is 0 Å². The van der Waals surface area contributed by atoms with Gasteiger partial charge in [-0.3, -0.25) is 4.79 Å². The summed E-state index contributed by atoms with van der Waals surface area (Å²) in [6, 6.07) is 6.72. The number of hydrogen-bond donors (Lipinski definition) is 2. The Hall–Kier alpha value is -2.24. The summed E-state index contributed by atoms with van der Waals surface area (Å²) in [4.78, 5) is 24.0. The number of rotatable bonds is 7. The number of hydrogen-bond acceptors (Lipinski definition) is 3. The fourth-order valence-electron chi connectivity index (χ4n) is 1.65. The average molecular weight is 294 g/mol. The molecule has 1 rings (SSSR count). The molecule has 0 aliphatic carbocycles. The zero-order chi connectivity index (χ0) is 15.8. The van der Waals surface area contributed by atoms with Crippen LogP contribution in [-0.4, -0.2) is 42.2 Å². The van der Waals surface area contributed by atoms with Crippen molar-refractivity contribution >= 4 is 17.7 Å². The summed E-state index contributed by atoms with van der Waals surface area (Å²) in [5.74, 6) is -0.777. The lowest BCUT2D eigenvalue weighted by molar-refractivity contribution is -0.141. The van der Waals surface area contributed by atoms with Crippen molar-refractivity contribution in [3.63, 3.8) is 0 Å². The topological polar surface area (TPSA) is 78.9 Å². The zero-order valence-corrected chi connectivity index (χ0v) is 12.6. The molecule has 6 heteroatoms. The van der Waals surface area contributed by atoms with Gasteiger partial charge in [0.15, 0.2) is 0 Å². The molecule has 116 valence electrons. The van der Waals surface area contributed by atoms with Crippen molar-refractivity contribution in [1.82, 2.24) is 4.90 Å². The van der Waals surface area contributed by atoms with Gasteiger partial charge in [-0.1, -0.05) is 13.8 Å². The molecule has 0 bridgehead atoms. The Bertz CT molecular complexity index is 473. The minimum atomic E-state index is -0.924. The van der Waals surface area contributed by atoms with Crippen LogP contribution in [0.25, 0.3) is 0 Å². The second-order valence-corrected chi connectivity index (χ2v) is 4.92. The Morgan fingerprint density at radius 1 is 1.33 bits per heavy atom. The third-order valence-electron chi connectivity index (χ3n) is 2.89. The molecule has 1 unspecified atom stereocenters. The number of nitrogens with one attached hydrogen (secondary N) is 1. The van der Waals surface area contributed by atoms with Gasteiger partial charge >= 0.3 is 12.0 Å². The van der Waals surface area contributed by atoms with Gasteiger partial charge in [-0.05, 0) is 30.7 Å². The molecular weight excluding hydrogens is 272 g/mol. The maximum atomic E-state index is 11.9. The molecule has 0 heterocycles. The maximum absolute atomic E-state index is 11.9. The number of carbonyl (C=O) groups excluding carboxylic acids is 1. The van der Waals surface area contributed by atoms with Gasteiger partial charge in [0.1, 0.15) is 5.75 Å². The summed E-state index contributed by atoms with van der Waals surface area (Å²) < 4.78 is 5.45. The first kappa shape index (κ1) is 16.8. The molecule has 0 aliphatic heterocycles. The molecule has 0 fully saturated rings. The van der Waals surface area contributed by atoms with Crippen molar-refractivity contribution in [2.75, 3.05) is 25.5 Å². The highest BCUT2D eigenvalue weighted by molar-refractivity contribution is 5.89. The molecule has 2 amide bonds. The number of urea groups is 1. The molecule has 1 aromatic carbocycles. The monoisotopic (exact) mass is 294 g/mol. The first-order valence-electron chi connectivity index (χ1n) is 6.91. The van der Waals surface area contributed by atoms with Crippen LogP contribution in [0.4, 0.5) is 10.5 Å². The van der Waals surface area contributed by atoms with Crippen molar-refractivity contribution < 1.29 is 19.4 Å². The molecule has 0 saturated heterocycles. The molecule has 0 saturated carbocycles. The largest absolute Gasteiger partial charge is 0.494 e. The number of anilines is 1. The molecule has 0 radical (unpaired) electrons. The molecule has 1 atom stereocenters. The van der Waals surface area contributed by atoms with Crippen molar-refractivity contribution in [3.8, 4) is 5.75 Å². The minimum Gasteiger partial charge on any atom is -0.494 e. The van der Waals surface area contributed by atoms with Gasteiger partial charge in [0.2, 0.25) is 0 Å². The van der Waals surface area contributed by atoms with E-state index >= 15 is 0 Å². The number of benzene rings is 1. The predicted octanol–water partition coefficient (Wildman–Crippen LogP) is 2.66. The number of carboxylic acid groups (broad SMARTS) is 1. The molecule has 0 spiro atoms. The molecule has 6 nitrogen and oxygen atoms in total. The third kappa shape index (κ3) is 5.72. The molecule has 2 N–H and O–H groups in total. The standard InChI is InChI=1S/C15H22N2O4/c1-4-9-21-13-7-5-12(6-8-13)16-15(20)17(3)10-11(2)14(18)19/h5-8,11H,4,9-10H2,1-3H3,(H,16,20)(H,18,19). The molecule has 0 aromatic heterocycles. The second kappa shape index (κ2) is 8.14. The van der Waals surface area contributed by atoms with Crippen molar-refractivity contribution in [1.29, 1.82) is 0 Å². The lowest BCUT2D eigenvalue weighted by Crippen LogP contribution is -2.36. The molecule has 1 aromatic rings. The number of carboxylic acids is 1. The summed E-state index contributed by atoms with van der Waals surface area (Å²) in [6.07, 6.45) is 0.936. The minimum absolute atomic E-state index is 0.152. The Balaban J connectivity index is 2.52. The van der Waals surface area contributed by atoms with E-state index in [1.807, 2.05) is 6.92 Å². The summed E-state index contributed by atoms with van der Waals surface area (Å²) in [5, 5.41) is 11.5. The van der Waals surface area contributed by atoms with Crippen LogP contribution in [0, 0.1) is 5.92 Å². The van der Waals surface area contributed by atoms with Crippen LogP contribution in [-0.2, 0) is 4.79 Å². The highest BCUT2D eigenvalue weighted by atomic mass is 16.5. The van der Waals surface area contributed by atoms with E-state index in [-0.39, 0.29) is 12.6 Å². The van der Waals surface area contributed by atoms with Crippen LogP contribution in [0.2, 0.25) is 0 Å². The van der Waals surface area contributed by atoms with E-state index in [1.54, 1.807) is 38.2 Å². The van der Waals surface area contributed by atoms with Crippen molar-refractivity contribution in [2.45, 2.75) is 20.3 Å². The normalized spacial score (nSPS) is 11.6. The van der Waals surface area contributed by atoms with E-state index in [0.717, 1.165) is 12.2 Å². The van der Waals surface area contributed by atoms with Crippen LogP contribution in [0.1, 0.15) is 20.3 Å². The van der Waals surface area contributed by atoms with Crippen LogP contribution in [0.5, 0.6) is 5.75 Å². The van der Waals surface area contributed by atoms with Crippen molar-refractivity contribution in [3.05, 3.63) is 24.3 Å². The van der Waals surface area contributed by atoms with Crippen LogP contribution in [0.15, 0.2) is 24.3 Å². The fourth-order valence-corrected chi connectivity index (χ4v) is 1.65. The van der Waals surface area contributed by atoms with Gasteiger partial charge < -0.3 is 20.1 Å². The van der Waals surface area contributed by atoms with E-state index in [1.165, 1.54) is 4.90 Å². The zero-order valence-electron chi connectivity index (χ0n) is 12.6. The first-order valence-corrected chi connectivity index (χ1v) is 6.91. The Kier molecular flexibility index (Phi) is 6.52. The summed E-state index contributed by atoms with van der Waals surface area (Å²) in [6.45, 7) is 4.40. The molecule has 21 heavy (non-hydrogen) atoms. The third-order valence-corrected chi connectivity index (χ3v) is 2.89. The Morgan fingerprint density at radius 2 is 1.95 bits per heavy atom. The lowest BCUT2D eigenvalue weighted by atomic mass is 10.2. The van der Waals surface area contributed by atoms with E-state index in [4.69, 9.17) is 9.84 Å². The maximum Gasteiger partial charge on any atom is 0.321 e. The van der Waals surface area contributed by atoms with E-state index < -0.39 is 11.9 Å². The number of aliphatic carboxylic acids is 1. The number of carbonyl (C=O) groups is 2. The smallest absolute Gasteiger partial charge is 0.321 e. The Morgan fingerprint density at radius 3 is 2.48 bits per heavy atom. The summed E-state index contributed by atoms with van der Waals surface area (Å²) in [5.41, 5.74) is 0.638. The van der Waals surface area contributed by atoms with E-state index in [9.17, 15) is 9.59 Å².